The van der Waals surface area contributed by atoms with Crippen molar-refractivity contribution in [2.45, 2.75) is 0 Å². The third kappa shape index (κ3) is 1.36. The average molecular weight is 206 g/mol. The van der Waals surface area contributed by atoms with E-state index in [0.717, 1.165) is 0 Å². The van der Waals surface area contributed by atoms with Gasteiger partial charge in [0.05, 0.1) is 11.3 Å². The molecular formula is C9H10N4O2. The Hall–Kier alpha value is -2.21. The number of carbonyl (C=O) groups is 1. The molecule has 7 N–H and O–H groups in total. The molecule has 2 aromatic rings. The summed E-state index contributed by atoms with van der Waals surface area (Å²) >= 11 is 0. The molecule has 15 heavy (non-hydrogen) atoms. The number of aromatic nitrogens is 1. The molecule has 0 aliphatic rings. The fourth-order valence-corrected chi connectivity index (χ4v) is 1.55. The fourth-order valence-electron chi connectivity index (χ4n) is 1.55. The number of aromatic amines is 1. The largest absolute Gasteiger partial charge is 0.385 e. The number of hydrogen-bond donors (Lipinski definition) is 5. The number of H-pyrrole nitrogens is 1. The van der Waals surface area contributed by atoms with Crippen molar-refractivity contribution in [2.24, 2.45) is 5.73 Å². The van der Waals surface area contributed by atoms with Crippen LogP contribution in [0.1, 0.15) is 10.4 Å². The number of nitrogens with two attached hydrogens (primary N) is 2. The molecule has 2 rings (SSSR count). The maximum atomic E-state index is 11.1. The van der Waals surface area contributed by atoms with Gasteiger partial charge in [0.15, 0.2) is 0 Å². The Bertz CT molecular complexity index is 532. The Morgan fingerprint density at radius 3 is 2.80 bits per heavy atom. The van der Waals surface area contributed by atoms with Crippen molar-refractivity contribution in [2.75, 3.05) is 11.2 Å². The number of carbonyl (C=O) groups excluding carboxylic acids is 1. The van der Waals surface area contributed by atoms with E-state index in [1.807, 2.05) is 5.48 Å². The summed E-state index contributed by atoms with van der Waals surface area (Å²) in [5, 5.41) is 9.33. The first-order valence-electron chi connectivity index (χ1n) is 4.24. The highest BCUT2D eigenvalue weighted by Crippen LogP contribution is 2.26. The SMILES string of the molecule is NC(=O)c1c(N)[nH]c2cc(NO)ccc12. The number of rotatable bonds is 2. The van der Waals surface area contributed by atoms with Crippen LogP contribution in [0, 0.1) is 0 Å². The highest BCUT2D eigenvalue weighted by Gasteiger charge is 2.13. The maximum absolute atomic E-state index is 11.1. The van der Waals surface area contributed by atoms with Crippen LogP contribution in [0.15, 0.2) is 18.2 Å². The van der Waals surface area contributed by atoms with Crippen LogP contribution >= 0.6 is 0 Å². The number of hydrogen-bond acceptors (Lipinski definition) is 4. The lowest BCUT2D eigenvalue weighted by atomic mass is 10.1. The summed E-state index contributed by atoms with van der Waals surface area (Å²) < 4.78 is 0. The first kappa shape index (κ1) is 9.35. The van der Waals surface area contributed by atoms with Crippen molar-refractivity contribution in [3.05, 3.63) is 23.8 Å². The van der Waals surface area contributed by atoms with Gasteiger partial charge in [-0.25, -0.2) is 0 Å². The molecule has 0 saturated heterocycles. The van der Waals surface area contributed by atoms with Crippen molar-refractivity contribution in [3.63, 3.8) is 0 Å². The van der Waals surface area contributed by atoms with E-state index in [2.05, 4.69) is 4.98 Å². The van der Waals surface area contributed by atoms with Gasteiger partial charge in [-0.3, -0.25) is 15.5 Å². The molecular weight excluding hydrogens is 196 g/mol. The molecule has 1 aromatic heterocycles. The molecule has 0 unspecified atom stereocenters. The van der Waals surface area contributed by atoms with Gasteiger partial charge in [-0.15, -0.1) is 0 Å². The monoisotopic (exact) mass is 206 g/mol. The first-order valence-corrected chi connectivity index (χ1v) is 4.24. The molecule has 6 nitrogen and oxygen atoms in total. The van der Waals surface area contributed by atoms with Crippen molar-refractivity contribution in [1.29, 1.82) is 0 Å². The molecule has 0 fully saturated rings. The predicted molar refractivity (Wildman–Crippen MR) is 56.6 cm³/mol. The molecule has 0 bridgehead atoms. The van der Waals surface area contributed by atoms with Crippen LogP contribution in [0.4, 0.5) is 11.5 Å². The summed E-state index contributed by atoms with van der Waals surface area (Å²) in [4.78, 5) is 13.9. The summed E-state index contributed by atoms with van der Waals surface area (Å²) in [6, 6.07) is 4.89. The van der Waals surface area contributed by atoms with Gasteiger partial charge in [0.1, 0.15) is 5.82 Å². The minimum Gasteiger partial charge on any atom is -0.385 e. The minimum absolute atomic E-state index is 0.229. The van der Waals surface area contributed by atoms with E-state index in [0.29, 0.717) is 16.6 Å². The number of nitrogens with one attached hydrogen (secondary N) is 2. The lowest BCUT2D eigenvalue weighted by Gasteiger charge is -1.98. The number of anilines is 2. The van der Waals surface area contributed by atoms with E-state index >= 15 is 0 Å². The zero-order valence-corrected chi connectivity index (χ0v) is 7.74. The molecule has 0 radical (unpaired) electrons. The topological polar surface area (TPSA) is 117 Å². The predicted octanol–water partition coefficient (Wildman–Crippen LogP) is 0.650. The van der Waals surface area contributed by atoms with E-state index in [1.54, 1.807) is 18.2 Å². The van der Waals surface area contributed by atoms with Crippen LogP contribution in [0.3, 0.4) is 0 Å². The molecule has 1 heterocycles. The summed E-state index contributed by atoms with van der Waals surface area (Å²) in [5.74, 6) is -0.351. The Morgan fingerprint density at radius 1 is 1.47 bits per heavy atom. The van der Waals surface area contributed by atoms with E-state index in [1.165, 1.54) is 0 Å². The van der Waals surface area contributed by atoms with E-state index in [9.17, 15) is 4.79 Å². The van der Waals surface area contributed by atoms with Crippen LogP contribution in [0.25, 0.3) is 10.9 Å². The van der Waals surface area contributed by atoms with Crippen molar-refractivity contribution >= 4 is 28.3 Å². The van der Waals surface area contributed by atoms with Crippen LogP contribution in [0.5, 0.6) is 0 Å². The smallest absolute Gasteiger partial charge is 0.253 e. The second kappa shape index (κ2) is 3.18. The number of amides is 1. The van der Waals surface area contributed by atoms with Gasteiger partial charge < -0.3 is 16.5 Å². The van der Waals surface area contributed by atoms with Gasteiger partial charge in [0, 0.05) is 10.9 Å². The van der Waals surface area contributed by atoms with E-state index in [4.69, 9.17) is 16.7 Å². The van der Waals surface area contributed by atoms with Crippen molar-refractivity contribution in [1.82, 2.24) is 4.98 Å². The Labute approximate surface area is 84.8 Å². The fraction of sp³-hybridized carbons (Fsp3) is 0. The second-order valence-corrected chi connectivity index (χ2v) is 3.15. The number of fused-ring (bicyclic) bond motifs is 1. The summed E-state index contributed by atoms with van der Waals surface area (Å²) in [6.45, 7) is 0. The third-order valence-electron chi connectivity index (χ3n) is 2.20. The Morgan fingerprint density at radius 2 is 2.20 bits per heavy atom. The Kier molecular flexibility index (Phi) is 1.98. The van der Waals surface area contributed by atoms with Gasteiger partial charge in [0.2, 0.25) is 0 Å². The van der Waals surface area contributed by atoms with Gasteiger partial charge >= 0.3 is 0 Å². The number of nitrogen functional groups attached to an aromatic ring is 1. The number of primary amides is 1. The molecule has 0 aliphatic heterocycles. The standard InChI is InChI=1S/C9H10N4O2/c10-8-7(9(11)14)5-2-1-4(13-15)3-6(5)12-8/h1-3,12-13,15H,10H2,(H2,11,14). The van der Waals surface area contributed by atoms with Crippen LogP contribution in [-0.2, 0) is 0 Å². The molecule has 0 aliphatic carbocycles. The van der Waals surface area contributed by atoms with Crippen LogP contribution in [0.2, 0.25) is 0 Å². The number of benzene rings is 1. The normalized spacial score (nSPS) is 10.5. The molecule has 1 amide bonds. The highest BCUT2D eigenvalue weighted by molar-refractivity contribution is 6.11. The van der Waals surface area contributed by atoms with Crippen molar-refractivity contribution in [3.8, 4) is 0 Å². The van der Waals surface area contributed by atoms with Gasteiger partial charge in [-0.05, 0) is 18.2 Å². The molecule has 1 aromatic carbocycles. The molecule has 0 saturated carbocycles. The third-order valence-corrected chi connectivity index (χ3v) is 2.20. The summed E-state index contributed by atoms with van der Waals surface area (Å²) in [6.07, 6.45) is 0. The van der Waals surface area contributed by atoms with E-state index < -0.39 is 5.91 Å². The van der Waals surface area contributed by atoms with Gasteiger partial charge in [-0.2, -0.15) is 0 Å². The maximum Gasteiger partial charge on any atom is 0.253 e. The quantitative estimate of drug-likeness (QED) is 0.463. The average Bonchev–Trinajstić information content (AvgIpc) is 2.52. The molecule has 78 valence electrons. The van der Waals surface area contributed by atoms with Crippen LogP contribution in [-0.4, -0.2) is 16.1 Å². The molecule has 6 heteroatoms. The molecule has 0 spiro atoms. The lowest BCUT2D eigenvalue weighted by molar-refractivity contribution is 0.100. The van der Waals surface area contributed by atoms with Gasteiger partial charge in [-0.1, -0.05) is 0 Å². The zero-order valence-electron chi connectivity index (χ0n) is 7.74. The van der Waals surface area contributed by atoms with Crippen LogP contribution < -0.4 is 16.9 Å². The Balaban J connectivity index is 2.74. The van der Waals surface area contributed by atoms with Crippen molar-refractivity contribution < 1.29 is 10.0 Å². The highest BCUT2D eigenvalue weighted by atomic mass is 16.5. The zero-order chi connectivity index (χ0) is 11.0. The van der Waals surface area contributed by atoms with E-state index in [-0.39, 0.29) is 11.4 Å². The molecule has 0 atom stereocenters. The summed E-state index contributed by atoms with van der Waals surface area (Å²) in [5.41, 5.74) is 14.2. The summed E-state index contributed by atoms with van der Waals surface area (Å²) in [7, 11) is 0. The lowest BCUT2D eigenvalue weighted by Crippen LogP contribution is -2.12. The van der Waals surface area contributed by atoms with Gasteiger partial charge in [0.25, 0.3) is 5.91 Å². The second-order valence-electron chi connectivity index (χ2n) is 3.15. The minimum atomic E-state index is -0.580. The first-order chi connectivity index (χ1) is 7.13.